The number of fused-ring (bicyclic) bond motifs is 1. The highest BCUT2D eigenvalue weighted by atomic mass is 16.5. The van der Waals surface area contributed by atoms with E-state index >= 15 is 0 Å². The Morgan fingerprint density at radius 2 is 2.07 bits per heavy atom. The Bertz CT molecular complexity index is 668. The molecule has 0 aliphatic carbocycles. The maximum Gasteiger partial charge on any atom is 0.547 e. The molecule has 1 aromatic rings. The first kappa shape index (κ1) is 21.2. The number of carbonyl (C=O) groups excluding carboxylic acids is 1. The van der Waals surface area contributed by atoms with Crippen LogP contribution >= 0.6 is 0 Å². The molecule has 1 aromatic carbocycles. The number of para-hydroxylation sites is 1. The van der Waals surface area contributed by atoms with Crippen molar-refractivity contribution in [2.24, 2.45) is 5.92 Å². The number of carboxylic acid groups (broad SMARTS) is 1. The van der Waals surface area contributed by atoms with E-state index in [1.807, 2.05) is 0 Å². The maximum absolute atomic E-state index is 12.3. The molecule has 4 N–H and O–H groups in total. The summed E-state index contributed by atoms with van der Waals surface area (Å²) in [5.74, 6) is -1.16. The van der Waals surface area contributed by atoms with Crippen LogP contribution in [0, 0.1) is 5.92 Å². The van der Waals surface area contributed by atoms with Crippen molar-refractivity contribution in [3.05, 3.63) is 29.3 Å². The Hall–Kier alpha value is -2.06. The van der Waals surface area contributed by atoms with Gasteiger partial charge in [0.15, 0.2) is 0 Å². The number of carboxylic acids is 1. The zero-order valence-corrected chi connectivity index (χ0v) is 16.2. The van der Waals surface area contributed by atoms with Crippen LogP contribution in [0.5, 0.6) is 5.75 Å². The Morgan fingerprint density at radius 1 is 1.33 bits per heavy atom. The summed E-state index contributed by atoms with van der Waals surface area (Å²) in [5, 5.41) is 25.5. The average molecular weight is 376 g/mol. The largest absolute Gasteiger partial charge is 0.547 e. The lowest BCUT2D eigenvalue weighted by molar-refractivity contribution is -0.120. The standard InChI is InChI=1S/C19H29BN2O5/c1-4-14(9-8-12(2)3)21-11-17(23)22-16-10-13-6-5-7-15(19(24)25)18(13)27-20(16)26/h5-7,12,14,16,21,26H,4,8-11H2,1-3H3,(H,22,23)(H,24,25). The lowest BCUT2D eigenvalue weighted by Crippen LogP contribution is -2.55. The van der Waals surface area contributed by atoms with Crippen LogP contribution in [0.25, 0.3) is 0 Å². The van der Waals surface area contributed by atoms with E-state index in [2.05, 4.69) is 31.4 Å². The number of carbonyl (C=O) groups is 2. The van der Waals surface area contributed by atoms with Crippen LogP contribution in [-0.4, -0.2) is 47.7 Å². The van der Waals surface area contributed by atoms with E-state index in [9.17, 15) is 19.7 Å². The summed E-state index contributed by atoms with van der Waals surface area (Å²) in [7, 11) is -1.29. The van der Waals surface area contributed by atoms with E-state index in [1.165, 1.54) is 6.07 Å². The van der Waals surface area contributed by atoms with Crippen molar-refractivity contribution in [1.29, 1.82) is 0 Å². The van der Waals surface area contributed by atoms with Gasteiger partial charge in [-0.25, -0.2) is 4.79 Å². The maximum atomic E-state index is 12.3. The van der Waals surface area contributed by atoms with Gasteiger partial charge in [-0.3, -0.25) is 4.79 Å². The van der Waals surface area contributed by atoms with Crippen LogP contribution in [0.1, 0.15) is 56.0 Å². The van der Waals surface area contributed by atoms with Crippen LogP contribution in [0.2, 0.25) is 0 Å². The molecule has 1 aliphatic heterocycles. The molecule has 2 rings (SSSR count). The molecule has 0 aromatic heterocycles. The van der Waals surface area contributed by atoms with Crippen molar-refractivity contribution in [1.82, 2.24) is 10.6 Å². The first-order chi connectivity index (χ1) is 12.8. The summed E-state index contributed by atoms with van der Waals surface area (Å²) < 4.78 is 5.39. The molecular formula is C19H29BN2O5. The van der Waals surface area contributed by atoms with Crippen molar-refractivity contribution < 1.29 is 24.4 Å². The molecule has 2 unspecified atom stereocenters. The second-order valence-corrected chi connectivity index (χ2v) is 7.44. The molecule has 0 spiro atoms. The van der Waals surface area contributed by atoms with E-state index in [-0.39, 0.29) is 29.8 Å². The summed E-state index contributed by atoms with van der Waals surface area (Å²) in [6, 6.07) is 5.08. The first-order valence-electron chi connectivity index (χ1n) is 9.54. The van der Waals surface area contributed by atoms with Gasteiger partial charge in [-0.05, 0) is 43.2 Å². The molecular weight excluding hydrogens is 347 g/mol. The number of hydrogen-bond acceptors (Lipinski definition) is 5. The van der Waals surface area contributed by atoms with Crippen molar-refractivity contribution in [2.45, 2.75) is 58.4 Å². The normalized spacial score (nSPS) is 17.2. The molecule has 27 heavy (non-hydrogen) atoms. The average Bonchev–Trinajstić information content (AvgIpc) is 2.61. The quantitative estimate of drug-likeness (QED) is 0.488. The lowest BCUT2D eigenvalue weighted by Gasteiger charge is -2.29. The highest BCUT2D eigenvalue weighted by Gasteiger charge is 2.37. The van der Waals surface area contributed by atoms with Crippen molar-refractivity contribution >= 4 is 19.0 Å². The summed E-state index contributed by atoms with van der Waals surface area (Å²) in [4.78, 5) is 23.5. The van der Waals surface area contributed by atoms with Gasteiger partial charge in [-0.2, -0.15) is 0 Å². The van der Waals surface area contributed by atoms with Crippen LogP contribution in [0.15, 0.2) is 18.2 Å². The van der Waals surface area contributed by atoms with Crippen molar-refractivity contribution in [3.63, 3.8) is 0 Å². The molecule has 1 amide bonds. The second kappa shape index (κ2) is 9.76. The van der Waals surface area contributed by atoms with E-state index in [0.717, 1.165) is 19.3 Å². The zero-order valence-electron chi connectivity index (χ0n) is 16.2. The summed E-state index contributed by atoms with van der Waals surface area (Å²) >= 11 is 0. The predicted molar refractivity (Wildman–Crippen MR) is 104 cm³/mol. The number of rotatable bonds is 9. The van der Waals surface area contributed by atoms with E-state index < -0.39 is 19.0 Å². The SMILES string of the molecule is CCC(CCC(C)C)NCC(=O)NC1Cc2cccc(C(=O)O)c2OB1O. The van der Waals surface area contributed by atoms with Gasteiger partial charge in [0, 0.05) is 6.04 Å². The van der Waals surface area contributed by atoms with Gasteiger partial charge in [-0.15, -0.1) is 0 Å². The smallest absolute Gasteiger partial charge is 0.534 e. The minimum Gasteiger partial charge on any atom is -0.534 e. The number of hydrogen-bond donors (Lipinski definition) is 4. The Labute approximate surface area is 160 Å². The molecule has 0 fully saturated rings. The molecule has 0 bridgehead atoms. The molecule has 2 atom stereocenters. The topological polar surface area (TPSA) is 108 Å². The molecule has 1 aliphatic rings. The molecule has 8 heteroatoms. The number of aromatic carboxylic acids is 1. The Morgan fingerprint density at radius 3 is 2.70 bits per heavy atom. The molecule has 0 saturated carbocycles. The highest BCUT2D eigenvalue weighted by Crippen LogP contribution is 2.30. The fourth-order valence-corrected chi connectivity index (χ4v) is 3.20. The minimum absolute atomic E-state index is 0.00827. The fraction of sp³-hybridized carbons (Fsp3) is 0.579. The van der Waals surface area contributed by atoms with Gasteiger partial charge in [0.25, 0.3) is 0 Å². The highest BCUT2D eigenvalue weighted by molar-refractivity contribution is 6.47. The van der Waals surface area contributed by atoms with Crippen LogP contribution in [0.3, 0.4) is 0 Å². The molecule has 0 saturated heterocycles. The lowest BCUT2D eigenvalue weighted by atomic mass is 9.72. The van der Waals surface area contributed by atoms with Gasteiger partial charge in [0.05, 0.1) is 18.0 Å². The Balaban J connectivity index is 1.91. The second-order valence-electron chi connectivity index (χ2n) is 7.44. The number of amides is 1. The summed E-state index contributed by atoms with van der Waals surface area (Å²) in [6.45, 7) is 6.61. The molecule has 1 heterocycles. The summed E-state index contributed by atoms with van der Waals surface area (Å²) in [5.41, 5.74) is 0.663. The summed E-state index contributed by atoms with van der Waals surface area (Å²) in [6.07, 6.45) is 3.38. The minimum atomic E-state index is -1.29. The molecule has 7 nitrogen and oxygen atoms in total. The monoisotopic (exact) mass is 376 g/mol. The van der Waals surface area contributed by atoms with Crippen molar-refractivity contribution in [2.75, 3.05) is 6.54 Å². The van der Waals surface area contributed by atoms with Crippen LogP contribution < -0.4 is 15.3 Å². The van der Waals surface area contributed by atoms with Gasteiger partial charge in [-0.1, -0.05) is 32.9 Å². The third-order valence-electron chi connectivity index (χ3n) is 4.83. The van der Waals surface area contributed by atoms with E-state index in [1.54, 1.807) is 12.1 Å². The third-order valence-corrected chi connectivity index (χ3v) is 4.83. The van der Waals surface area contributed by atoms with Crippen LogP contribution in [0.4, 0.5) is 0 Å². The van der Waals surface area contributed by atoms with Gasteiger partial charge in [0.2, 0.25) is 5.91 Å². The fourth-order valence-electron chi connectivity index (χ4n) is 3.20. The molecule has 0 radical (unpaired) electrons. The molecule has 148 valence electrons. The zero-order chi connectivity index (χ0) is 20.0. The van der Waals surface area contributed by atoms with Gasteiger partial charge in [0.1, 0.15) is 5.75 Å². The van der Waals surface area contributed by atoms with E-state index in [0.29, 0.717) is 17.9 Å². The predicted octanol–water partition coefficient (Wildman–Crippen LogP) is 1.63. The first-order valence-corrected chi connectivity index (χ1v) is 9.54. The van der Waals surface area contributed by atoms with Gasteiger partial charge < -0.3 is 25.4 Å². The van der Waals surface area contributed by atoms with Gasteiger partial charge >= 0.3 is 13.1 Å². The van der Waals surface area contributed by atoms with Crippen molar-refractivity contribution in [3.8, 4) is 5.75 Å². The number of benzene rings is 1. The third kappa shape index (κ3) is 5.97. The van der Waals surface area contributed by atoms with Crippen LogP contribution in [-0.2, 0) is 11.2 Å². The number of nitrogens with one attached hydrogen (secondary N) is 2. The Kier molecular flexibility index (Phi) is 7.68. The van der Waals surface area contributed by atoms with E-state index in [4.69, 9.17) is 4.65 Å².